The molecule has 1 aromatic rings. The Bertz CT molecular complexity index is 313. The van der Waals surface area contributed by atoms with Crippen LogP contribution < -0.4 is 4.90 Å². The van der Waals surface area contributed by atoms with Gasteiger partial charge in [-0.3, -0.25) is 9.69 Å². The number of halogens is 1. The van der Waals surface area contributed by atoms with Crippen molar-refractivity contribution in [2.45, 2.75) is 32.6 Å². The minimum atomic E-state index is -0.400. The standard InChI is InChI=1S/C13H18ClNO/c1-2-3-4-8-11-15(13(14)16)12-9-6-5-7-10-12/h5-7,9-10H,2-4,8,11H2,1H3. The van der Waals surface area contributed by atoms with Crippen LogP contribution in [0.3, 0.4) is 0 Å². The second-order valence-electron chi connectivity index (χ2n) is 3.80. The molecule has 0 aliphatic rings. The molecule has 0 heterocycles. The summed E-state index contributed by atoms with van der Waals surface area (Å²) in [6.07, 6.45) is 4.55. The van der Waals surface area contributed by atoms with Gasteiger partial charge in [0.25, 0.3) is 0 Å². The number of hydrogen-bond acceptors (Lipinski definition) is 1. The highest BCUT2D eigenvalue weighted by molar-refractivity contribution is 6.66. The first-order valence-corrected chi connectivity index (χ1v) is 6.15. The zero-order valence-corrected chi connectivity index (χ0v) is 10.4. The molecule has 0 N–H and O–H groups in total. The molecular formula is C13H18ClNO. The van der Waals surface area contributed by atoms with Gasteiger partial charge in [-0.2, -0.15) is 0 Å². The summed E-state index contributed by atoms with van der Waals surface area (Å²) >= 11 is 5.58. The van der Waals surface area contributed by atoms with Crippen LogP contribution in [0.15, 0.2) is 30.3 Å². The monoisotopic (exact) mass is 239 g/mol. The third-order valence-electron chi connectivity index (χ3n) is 2.52. The summed E-state index contributed by atoms with van der Waals surface area (Å²) < 4.78 is 0. The van der Waals surface area contributed by atoms with Crippen LogP contribution in [-0.4, -0.2) is 11.9 Å². The Morgan fingerprint density at radius 2 is 1.88 bits per heavy atom. The highest BCUT2D eigenvalue weighted by Crippen LogP contribution is 2.16. The highest BCUT2D eigenvalue weighted by atomic mass is 35.5. The van der Waals surface area contributed by atoms with E-state index in [2.05, 4.69) is 6.92 Å². The van der Waals surface area contributed by atoms with Crippen molar-refractivity contribution in [2.75, 3.05) is 11.4 Å². The van der Waals surface area contributed by atoms with Crippen LogP contribution >= 0.6 is 11.6 Å². The van der Waals surface area contributed by atoms with Gasteiger partial charge in [-0.05, 0) is 30.2 Å². The molecule has 88 valence electrons. The average molecular weight is 240 g/mol. The molecule has 0 saturated heterocycles. The summed E-state index contributed by atoms with van der Waals surface area (Å²) in [4.78, 5) is 12.9. The summed E-state index contributed by atoms with van der Waals surface area (Å²) in [5.41, 5.74) is 0.874. The number of carbonyl (C=O) groups is 1. The fourth-order valence-corrected chi connectivity index (χ4v) is 1.81. The number of para-hydroxylation sites is 1. The van der Waals surface area contributed by atoms with Crippen molar-refractivity contribution in [3.05, 3.63) is 30.3 Å². The van der Waals surface area contributed by atoms with Crippen molar-refractivity contribution < 1.29 is 4.79 Å². The lowest BCUT2D eigenvalue weighted by Gasteiger charge is -2.19. The van der Waals surface area contributed by atoms with Gasteiger partial charge in [-0.25, -0.2) is 0 Å². The van der Waals surface area contributed by atoms with Crippen LogP contribution in [0.4, 0.5) is 10.5 Å². The van der Waals surface area contributed by atoms with E-state index in [4.69, 9.17) is 11.6 Å². The summed E-state index contributed by atoms with van der Waals surface area (Å²) in [5, 5.41) is -0.400. The largest absolute Gasteiger partial charge is 0.320 e. The first kappa shape index (κ1) is 13.0. The Kier molecular flexibility index (Phi) is 5.94. The molecule has 1 amide bonds. The van der Waals surface area contributed by atoms with E-state index in [1.807, 2.05) is 30.3 Å². The molecule has 0 atom stereocenters. The molecule has 0 unspecified atom stereocenters. The minimum Gasteiger partial charge on any atom is -0.299 e. The molecule has 3 heteroatoms. The summed E-state index contributed by atoms with van der Waals surface area (Å²) in [5.74, 6) is 0. The lowest BCUT2D eigenvalue weighted by Crippen LogP contribution is -2.26. The van der Waals surface area contributed by atoms with Crippen LogP contribution in [0, 0.1) is 0 Å². The maximum atomic E-state index is 11.3. The molecule has 0 aromatic heterocycles. The molecule has 0 aliphatic carbocycles. The van der Waals surface area contributed by atoms with Gasteiger partial charge in [-0.15, -0.1) is 0 Å². The van der Waals surface area contributed by atoms with Crippen LogP contribution in [0.1, 0.15) is 32.6 Å². The van der Waals surface area contributed by atoms with Crippen molar-refractivity contribution in [1.29, 1.82) is 0 Å². The highest BCUT2D eigenvalue weighted by Gasteiger charge is 2.11. The first-order chi connectivity index (χ1) is 7.75. The molecule has 1 aromatic carbocycles. The smallest absolute Gasteiger partial charge is 0.299 e. The van der Waals surface area contributed by atoms with E-state index < -0.39 is 5.37 Å². The van der Waals surface area contributed by atoms with Gasteiger partial charge in [-0.1, -0.05) is 44.4 Å². The number of benzene rings is 1. The number of rotatable bonds is 6. The maximum Gasteiger partial charge on any atom is 0.320 e. The maximum absolute atomic E-state index is 11.3. The van der Waals surface area contributed by atoms with Crippen LogP contribution in [0.25, 0.3) is 0 Å². The van der Waals surface area contributed by atoms with Gasteiger partial charge < -0.3 is 0 Å². The summed E-state index contributed by atoms with van der Waals surface area (Å²) in [6, 6.07) is 9.56. The van der Waals surface area contributed by atoms with Crippen molar-refractivity contribution in [1.82, 2.24) is 0 Å². The van der Waals surface area contributed by atoms with Crippen molar-refractivity contribution in [3.8, 4) is 0 Å². The van der Waals surface area contributed by atoms with E-state index in [-0.39, 0.29) is 0 Å². The number of unbranched alkanes of at least 4 members (excludes halogenated alkanes) is 3. The Morgan fingerprint density at radius 1 is 1.19 bits per heavy atom. The van der Waals surface area contributed by atoms with E-state index in [9.17, 15) is 4.79 Å². The lowest BCUT2D eigenvalue weighted by atomic mass is 10.2. The van der Waals surface area contributed by atoms with E-state index >= 15 is 0 Å². The number of anilines is 1. The fourth-order valence-electron chi connectivity index (χ4n) is 1.62. The summed E-state index contributed by atoms with van der Waals surface area (Å²) in [6.45, 7) is 2.87. The second-order valence-corrected chi connectivity index (χ2v) is 4.12. The Hall–Kier alpha value is -1.02. The zero-order valence-electron chi connectivity index (χ0n) is 9.66. The molecule has 0 saturated carbocycles. The van der Waals surface area contributed by atoms with E-state index in [0.717, 1.165) is 18.5 Å². The first-order valence-electron chi connectivity index (χ1n) is 5.77. The molecule has 0 aliphatic heterocycles. The van der Waals surface area contributed by atoms with Crippen LogP contribution in [0.2, 0.25) is 0 Å². The average Bonchev–Trinajstić information content (AvgIpc) is 2.30. The fraction of sp³-hybridized carbons (Fsp3) is 0.462. The predicted octanol–water partition coefficient (Wildman–Crippen LogP) is 4.43. The van der Waals surface area contributed by atoms with Crippen molar-refractivity contribution in [3.63, 3.8) is 0 Å². The molecule has 0 radical (unpaired) electrons. The Morgan fingerprint density at radius 3 is 2.44 bits per heavy atom. The molecule has 1 rings (SSSR count). The molecule has 0 bridgehead atoms. The van der Waals surface area contributed by atoms with Crippen LogP contribution in [-0.2, 0) is 0 Å². The topological polar surface area (TPSA) is 20.3 Å². The van der Waals surface area contributed by atoms with E-state index in [1.165, 1.54) is 12.8 Å². The SMILES string of the molecule is CCCCCCN(C(=O)Cl)c1ccccc1. The number of amides is 1. The summed E-state index contributed by atoms with van der Waals surface area (Å²) in [7, 11) is 0. The van der Waals surface area contributed by atoms with Crippen LogP contribution in [0.5, 0.6) is 0 Å². The molecule has 2 nitrogen and oxygen atoms in total. The normalized spacial score (nSPS) is 10.1. The Labute approximate surface area is 102 Å². The minimum absolute atomic E-state index is 0.400. The van der Waals surface area contributed by atoms with Gasteiger partial charge in [0.1, 0.15) is 0 Å². The van der Waals surface area contributed by atoms with Gasteiger partial charge in [0, 0.05) is 12.2 Å². The number of hydrogen-bond donors (Lipinski definition) is 0. The molecule has 0 spiro atoms. The predicted molar refractivity (Wildman–Crippen MR) is 69.2 cm³/mol. The van der Waals surface area contributed by atoms with Gasteiger partial charge in [0.2, 0.25) is 0 Å². The molecule has 16 heavy (non-hydrogen) atoms. The van der Waals surface area contributed by atoms with E-state index in [0.29, 0.717) is 6.54 Å². The van der Waals surface area contributed by atoms with Gasteiger partial charge >= 0.3 is 5.37 Å². The van der Waals surface area contributed by atoms with Gasteiger partial charge in [0.15, 0.2) is 0 Å². The number of carbonyl (C=O) groups excluding carboxylic acids is 1. The quantitative estimate of drug-likeness (QED) is 0.409. The van der Waals surface area contributed by atoms with E-state index in [1.54, 1.807) is 4.90 Å². The Balaban J connectivity index is 2.52. The molecule has 0 fully saturated rings. The van der Waals surface area contributed by atoms with Gasteiger partial charge in [0.05, 0.1) is 0 Å². The van der Waals surface area contributed by atoms with Crippen molar-refractivity contribution in [2.24, 2.45) is 0 Å². The third kappa shape index (κ3) is 4.23. The zero-order chi connectivity index (χ0) is 11.8. The van der Waals surface area contributed by atoms with Crippen molar-refractivity contribution >= 4 is 22.7 Å². The molecular weight excluding hydrogens is 222 g/mol. The number of nitrogens with zero attached hydrogens (tertiary/aromatic N) is 1. The third-order valence-corrected chi connectivity index (χ3v) is 2.72. The lowest BCUT2D eigenvalue weighted by molar-refractivity contribution is 0.264. The second kappa shape index (κ2) is 7.29.